The maximum atomic E-state index is 8.69. The predicted molar refractivity (Wildman–Crippen MR) is 92.5 cm³/mol. The van der Waals surface area contributed by atoms with Gasteiger partial charge in [-0.3, -0.25) is 0 Å². The van der Waals surface area contributed by atoms with E-state index in [0.717, 1.165) is 19.3 Å². The van der Waals surface area contributed by atoms with Crippen molar-refractivity contribution in [1.82, 2.24) is 0 Å². The first-order valence-electron chi connectivity index (χ1n) is 8.73. The third kappa shape index (κ3) is 11.3. The second kappa shape index (κ2) is 13.9. The van der Waals surface area contributed by atoms with Crippen molar-refractivity contribution in [2.24, 2.45) is 0 Å². The summed E-state index contributed by atoms with van der Waals surface area (Å²) in [7, 11) is 0. The second-order valence-corrected chi connectivity index (χ2v) is 5.84. The van der Waals surface area contributed by atoms with Crippen LogP contribution in [0.2, 0.25) is 0 Å². The van der Waals surface area contributed by atoms with E-state index in [1.54, 1.807) is 0 Å². The summed E-state index contributed by atoms with van der Waals surface area (Å²) in [6.07, 6.45) is 18.5. The molecule has 1 rings (SSSR count). The summed E-state index contributed by atoms with van der Waals surface area (Å²) >= 11 is 0. The third-order valence-electron chi connectivity index (χ3n) is 3.89. The minimum Gasteiger partial charge on any atom is -0.396 e. The van der Waals surface area contributed by atoms with Crippen molar-refractivity contribution in [2.45, 2.75) is 70.6 Å². The van der Waals surface area contributed by atoms with Gasteiger partial charge < -0.3 is 5.11 Å². The van der Waals surface area contributed by atoms with Gasteiger partial charge in [-0.05, 0) is 37.7 Å². The number of aliphatic hydroxyl groups excluding tert-OH is 1. The van der Waals surface area contributed by atoms with E-state index in [4.69, 9.17) is 5.11 Å². The van der Waals surface area contributed by atoms with Crippen LogP contribution in [0.1, 0.15) is 69.8 Å². The van der Waals surface area contributed by atoms with Crippen LogP contribution in [0.3, 0.4) is 0 Å². The summed E-state index contributed by atoms with van der Waals surface area (Å²) in [5, 5.41) is 8.69. The number of rotatable bonds is 13. The van der Waals surface area contributed by atoms with Crippen molar-refractivity contribution in [1.29, 1.82) is 0 Å². The fraction of sp³-hybridized carbons (Fsp3) is 0.600. The molecule has 0 bridgehead atoms. The van der Waals surface area contributed by atoms with E-state index in [-0.39, 0.29) is 0 Å². The molecule has 21 heavy (non-hydrogen) atoms. The van der Waals surface area contributed by atoms with Gasteiger partial charge in [0.05, 0.1) is 0 Å². The van der Waals surface area contributed by atoms with Gasteiger partial charge in [0.1, 0.15) is 0 Å². The Morgan fingerprint density at radius 3 is 1.90 bits per heavy atom. The highest BCUT2D eigenvalue weighted by atomic mass is 16.2. The van der Waals surface area contributed by atoms with Gasteiger partial charge in [0.15, 0.2) is 0 Å². The van der Waals surface area contributed by atoms with E-state index in [9.17, 15) is 0 Å². The third-order valence-corrected chi connectivity index (χ3v) is 3.89. The van der Waals surface area contributed by atoms with Crippen molar-refractivity contribution >= 4 is 0 Å². The lowest BCUT2D eigenvalue weighted by Gasteiger charge is -2.00. The van der Waals surface area contributed by atoms with Gasteiger partial charge in [0, 0.05) is 6.61 Å². The molecule has 0 spiro atoms. The number of aryl methyl sites for hydroxylation is 1. The van der Waals surface area contributed by atoms with Gasteiger partial charge >= 0.3 is 0 Å². The van der Waals surface area contributed by atoms with E-state index in [2.05, 4.69) is 42.5 Å². The maximum absolute atomic E-state index is 8.69. The van der Waals surface area contributed by atoms with Crippen molar-refractivity contribution in [3.63, 3.8) is 0 Å². The molecule has 0 aliphatic rings. The van der Waals surface area contributed by atoms with Crippen LogP contribution in [-0.2, 0) is 6.42 Å². The minimum atomic E-state index is 0.358. The molecule has 118 valence electrons. The van der Waals surface area contributed by atoms with Gasteiger partial charge in [0.25, 0.3) is 0 Å². The topological polar surface area (TPSA) is 20.2 Å². The van der Waals surface area contributed by atoms with Gasteiger partial charge in [-0.25, -0.2) is 0 Å². The molecule has 0 aromatic heterocycles. The van der Waals surface area contributed by atoms with Crippen LogP contribution in [0.4, 0.5) is 0 Å². The van der Waals surface area contributed by atoms with Crippen LogP contribution in [0.15, 0.2) is 42.5 Å². The average molecular weight is 288 g/mol. The molecule has 0 amide bonds. The number of benzene rings is 1. The molecule has 0 radical (unpaired) electrons. The molecule has 1 aromatic rings. The molecule has 1 N–H and O–H groups in total. The summed E-state index contributed by atoms with van der Waals surface area (Å²) in [6.45, 7) is 0.358. The molecule has 0 heterocycles. The lowest BCUT2D eigenvalue weighted by atomic mass is 10.1. The molecule has 0 saturated heterocycles. The van der Waals surface area contributed by atoms with Crippen LogP contribution in [0.5, 0.6) is 0 Å². The summed E-state index contributed by atoms with van der Waals surface area (Å²) in [5.41, 5.74) is 1.43. The number of aliphatic hydroxyl groups is 1. The van der Waals surface area contributed by atoms with Crippen LogP contribution in [0.25, 0.3) is 0 Å². The molecule has 1 nitrogen and oxygen atoms in total. The molecule has 1 heteroatoms. The molecule has 1 aromatic carbocycles. The monoisotopic (exact) mass is 288 g/mol. The van der Waals surface area contributed by atoms with E-state index in [1.165, 1.54) is 56.9 Å². The number of hydrogen-bond acceptors (Lipinski definition) is 1. The van der Waals surface area contributed by atoms with E-state index < -0.39 is 0 Å². The SMILES string of the molecule is OCCCCCCCCCC/C=C/CCc1ccccc1. The summed E-state index contributed by atoms with van der Waals surface area (Å²) in [4.78, 5) is 0. The first-order valence-corrected chi connectivity index (χ1v) is 8.73. The highest BCUT2D eigenvalue weighted by Gasteiger charge is 1.92. The largest absolute Gasteiger partial charge is 0.396 e. The zero-order chi connectivity index (χ0) is 15.0. The fourth-order valence-electron chi connectivity index (χ4n) is 2.57. The van der Waals surface area contributed by atoms with Gasteiger partial charge in [-0.1, -0.05) is 81.0 Å². The van der Waals surface area contributed by atoms with Gasteiger partial charge in [-0.15, -0.1) is 0 Å². The smallest absolute Gasteiger partial charge is 0.0431 e. The number of allylic oxidation sites excluding steroid dienone is 2. The van der Waals surface area contributed by atoms with Gasteiger partial charge in [-0.2, -0.15) is 0 Å². The van der Waals surface area contributed by atoms with Crippen molar-refractivity contribution in [2.75, 3.05) is 6.61 Å². The second-order valence-electron chi connectivity index (χ2n) is 5.84. The highest BCUT2D eigenvalue weighted by molar-refractivity contribution is 5.15. The lowest BCUT2D eigenvalue weighted by Crippen LogP contribution is -1.84. The van der Waals surface area contributed by atoms with Crippen LogP contribution >= 0.6 is 0 Å². The Labute approximate surface area is 131 Å². The zero-order valence-corrected chi connectivity index (χ0v) is 13.5. The molecule has 0 atom stereocenters. The summed E-state index contributed by atoms with van der Waals surface area (Å²) < 4.78 is 0. The van der Waals surface area contributed by atoms with Crippen LogP contribution in [-0.4, -0.2) is 11.7 Å². The number of hydrogen-bond donors (Lipinski definition) is 1. The van der Waals surface area contributed by atoms with Crippen molar-refractivity contribution in [3.05, 3.63) is 48.0 Å². The predicted octanol–water partition coefficient (Wildman–Crippen LogP) is 5.68. The normalized spacial score (nSPS) is 11.3. The Kier molecular flexibility index (Phi) is 11.9. The molecule has 0 aliphatic carbocycles. The van der Waals surface area contributed by atoms with Gasteiger partial charge in [0.2, 0.25) is 0 Å². The maximum Gasteiger partial charge on any atom is 0.0431 e. The lowest BCUT2D eigenvalue weighted by molar-refractivity contribution is 0.282. The molecule has 0 fully saturated rings. The summed E-state index contributed by atoms with van der Waals surface area (Å²) in [6, 6.07) is 10.7. The minimum absolute atomic E-state index is 0.358. The zero-order valence-electron chi connectivity index (χ0n) is 13.5. The highest BCUT2D eigenvalue weighted by Crippen LogP contribution is 2.10. The first-order chi connectivity index (χ1) is 10.4. The standard InChI is InChI=1S/C20H32O/c21-19-15-10-8-6-4-2-1-3-5-7-9-12-16-20-17-13-11-14-18-20/h7,9,11,13-14,17-18,21H,1-6,8,10,12,15-16,19H2/b9-7+. The Balaban J connectivity index is 1.82. The quantitative estimate of drug-likeness (QED) is 0.366. The Morgan fingerprint density at radius 1 is 0.667 bits per heavy atom. The van der Waals surface area contributed by atoms with E-state index >= 15 is 0 Å². The van der Waals surface area contributed by atoms with Crippen molar-refractivity contribution in [3.8, 4) is 0 Å². The average Bonchev–Trinajstić information content (AvgIpc) is 2.53. The van der Waals surface area contributed by atoms with Crippen molar-refractivity contribution < 1.29 is 5.11 Å². The molecular weight excluding hydrogens is 256 g/mol. The van der Waals surface area contributed by atoms with E-state index in [1.807, 2.05) is 0 Å². The van der Waals surface area contributed by atoms with E-state index in [0.29, 0.717) is 6.61 Å². The first kappa shape index (κ1) is 18.0. The van der Waals surface area contributed by atoms with Crippen LogP contribution < -0.4 is 0 Å². The Morgan fingerprint density at radius 2 is 1.24 bits per heavy atom. The fourth-order valence-corrected chi connectivity index (χ4v) is 2.57. The number of unbranched alkanes of at least 4 members (excludes halogenated alkanes) is 8. The Hall–Kier alpha value is -1.08. The molecule has 0 saturated carbocycles. The molecular formula is C20H32O. The molecule has 0 unspecified atom stereocenters. The van der Waals surface area contributed by atoms with Crippen LogP contribution in [0, 0.1) is 0 Å². The summed E-state index contributed by atoms with van der Waals surface area (Å²) in [5.74, 6) is 0. The Bertz CT molecular complexity index is 342. The molecule has 0 aliphatic heterocycles.